The Kier molecular flexibility index (Phi) is 3.14. The third-order valence-electron chi connectivity index (χ3n) is 3.24. The number of hydrogen-bond acceptors (Lipinski definition) is 5. The lowest BCUT2D eigenvalue weighted by Crippen LogP contribution is -2.05. The summed E-state index contributed by atoms with van der Waals surface area (Å²) in [5.74, 6) is 2.13. The molecule has 0 fully saturated rings. The SMILES string of the molecule is CCn1nc(C)c(N)c1OCc1ccc2c(c1)OCO2. The van der Waals surface area contributed by atoms with Crippen LogP contribution in [0.3, 0.4) is 0 Å². The maximum Gasteiger partial charge on any atom is 0.236 e. The molecule has 1 aliphatic rings. The molecule has 0 atom stereocenters. The van der Waals surface area contributed by atoms with Crippen molar-refractivity contribution in [2.24, 2.45) is 0 Å². The van der Waals surface area contributed by atoms with Gasteiger partial charge in [0.05, 0.1) is 5.69 Å². The molecule has 2 aromatic rings. The van der Waals surface area contributed by atoms with Gasteiger partial charge in [-0.2, -0.15) is 5.10 Å². The zero-order valence-electron chi connectivity index (χ0n) is 11.5. The summed E-state index contributed by atoms with van der Waals surface area (Å²) in [5.41, 5.74) is 8.35. The highest BCUT2D eigenvalue weighted by Crippen LogP contribution is 2.33. The molecule has 0 saturated heterocycles. The van der Waals surface area contributed by atoms with Gasteiger partial charge in [0.25, 0.3) is 0 Å². The summed E-state index contributed by atoms with van der Waals surface area (Å²) in [7, 11) is 0. The van der Waals surface area contributed by atoms with Crippen LogP contribution < -0.4 is 19.9 Å². The molecule has 0 amide bonds. The number of anilines is 1. The van der Waals surface area contributed by atoms with Gasteiger partial charge in [-0.3, -0.25) is 0 Å². The first-order chi connectivity index (χ1) is 9.69. The van der Waals surface area contributed by atoms with Gasteiger partial charge < -0.3 is 19.9 Å². The molecule has 0 radical (unpaired) electrons. The summed E-state index contributed by atoms with van der Waals surface area (Å²) in [6.45, 7) is 5.27. The Labute approximate surface area is 117 Å². The first kappa shape index (κ1) is 12.7. The highest BCUT2D eigenvalue weighted by Gasteiger charge is 2.15. The molecule has 6 heteroatoms. The monoisotopic (exact) mass is 275 g/mol. The lowest BCUT2D eigenvalue weighted by atomic mass is 10.2. The van der Waals surface area contributed by atoms with Crippen molar-refractivity contribution in [3.63, 3.8) is 0 Å². The summed E-state index contributed by atoms with van der Waals surface area (Å²) in [6, 6.07) is 5.74. The molecule has 20 heavy (non-hydrogen) atoms. The van der Waals surface area contributed by atoms with Crippen molar-refractivity contribution in [1.82, 2.24) is 9.78 Å². The molecule has 2 N–H and O–H groups in total. The number of nitrogens with zero attached hydrogens (tertiary/aromatic N) is 2. The fourth-order valence-corrected chi connectivity index (χ4v) is 2.12. The number of benzene rings is 1. The Morgan fingerprint density at radius 3 is 2.95 bits per heavy atom. The molecule has 3 rings (SSSR count). The molecule has 1 aromatic heterocycles. The zero-order chi connectivity index (χ0) is 14.1. The Balaban J connectivity index is 1.77. The highest BCUT2D eigenvalue weighted by molar-refractivity contribution is 5.52. The molecule has 6 nitrogen and oxygen atoms in total. The maximum atomic E-state index is 5.98. The highest BCUT2D eigenvalue weighted by atomic mass is 16.7. The zero-order valence-corrected chi connectivity index (χ0v) is 11.5. The van der Waals surface area contributed by atoms with E-state index in [1.54, 1.807) is 4.68 Å². The van der Waals surface area contributed by atoms with E-state index in [0.717, 1.165) is 22.8 Å². The summed E-state index contributed by atoms with van der Waals surface area (Å²) >= 11 is 0. The third-order valence-corrected chi connectivity index (χ3v) is 3.24. The quantitative estimate of drug-likeness (QED) is 0.925. The molecular formula is C14H17N3O3. The predicted molar refractivity (Wildman–Crippen MR) is 73.9 cm³/mol. The normalized spacial score (nSPS) is 12.7. The minimum Gasteiger partial charge on any atom is -0.471 e. The van der Waals surface area contributed by atoms with Crippen LogP contribution in [0.25, 0.3) is 0 Å². The molecule has 0 unspecified atom stereocenters. The maximum absolute atomic E-state index is 5.98. The number of aromatic nitrogens is 2. The van der Waals surface area contributed by atoms with Crippen molar-refractivity contribution >= 4 is 5.69 Å². The first-order valence-electron chi connectivity index (χ1n) is 6.53. The summed E-state index contributed by atoms with van der Waals surface area (Å²) in [5, 5.41) is 4.32. The predicted octanol–water partition coefficient (Wildman–Crippen LogP) is 2.10. The van der Waals surface area contributed by atoms with Crippen LogP contribution in [-0.2, 0) is 13.2 Å². The van der Waals surface area contributed by atoms with Gasteiger partial charge in [0.1, 0.15) is 12.3 Å². The van der Waals surface area contributed by atoms with Gasteiger partial charge in [-0.15, -0.1) is 0 Å². The van der Waals surface area contributed by atoms with Gasteiger partial charge in [-0.05, 0) is 31.5 Å². The van der Waals surface area contributed by atoms with Gasteiger partial charge in [-0.1, -0.05) is 6.07 Å². The fraction of sp³-hybridized carbons (Fsp3) is 0.357. The van der Waals surface area contributed by atoms with Gasteiger partial charge >= 0.3 is 0 Å². The standard InChI is InChI=1S/C14H17N3O3/c1-3-17-14(13(15)9(2)16-17)18-7-10-4-5-11-12(6-10)20-8-19-11/h4-6H,3,7-8,15H2,1-2H3. The first-order valence-corrected chi connectivity index (χ1v) is 6.53. The van der Waals surface area contributed by atoms with E-state index in [1.165, 1.54) is 0 Å². The number of nitrogen functional groups attached to an aromatic ring is 1. The van der Waals surface area contributed by atoms with Crippen LogP contribution in [0.5, 0.6) is 17.4 Å². The van der Waals surface area contributed by atoms with Crippen LogP contribution in [0.4, 0.5) is 5.69 Å². The lowest BCUT2D eigenvalue weighted by molar-refractivity contribution is 0.174. The van der Waals surface area contributed by atoms with E-state index < -0.39 is 0 Å². The van der Waals surface area contributed by atoms with E-state index in [9.17, 15) is 0 Å². The van der Waals surface area contributed by atoms with Crippen molar-refractivity contribution < 1.29 is 14.2 Å². The number of hydrogen-bond donors (Lipinski definition) is 1. The summed E-state index contributed by atoms with van der Waals surface area (Å²) < 4.78 is 18.2. The second-order valence-corrected chi connectivity index (χ2v) is 4.60. The Bertz CT molecular complexity index is 637. The second-order valence-electron chi connectivity index (χ2n) is 4.60. The minimum absolute atomic E-state index is 0.272. The van der Waals surface area contributed by atoms with Gasteiger partial charge in [-0.25, -0.2) is 4.68 Å². The van der Waals surface area contributed by atoms with Crippen LogP contribution in [0, 0.1) is 6.92 Å². The number of aryl methyl sites for hydroxylation is 2. The van der Waals surface area contributed by atoms with Crippen LogP contribution in [0.15, 0.2) is 18.2 Å². The largest absolute Gasteiger partial charge is 0.471 e. The molecule has 2 heterocycles. The van der Waals surface area contributed by atoms with E-state index in [-0.39, 0.29) is 6.79 Å². The molecule has 106 valence electrons. The van der Waals surface area contributed by atoms with Crippen molar-refractivity contribution in [3.05, 3.63) is 29.5 Å². The Morgan fingerprint density at radius 2 is 2.15 bits per heavy atom. The summed E-state index contributed by atoms with van der Waals surface area (Å²) in [6.07, 6.45) is 0. The molecule has 0 bridgehead atoms. The average molecular weight is 275 g/mol. The Hall–Kier alpha value is -2.37. The molecule has 1 aromatic carbocycles. The smallest absolute Gasteiger partial charge is 0.236 e. The van der Waals surface area contributed by atoms with Crippen molar-refractivity contribution in [3.8, 4) is 17.4 Å². The third kappa shape index (κ3) is 2.13. The van der Waals surface area contributed by atoms with E-state index in [4.69, 9.17) is 19.9 Å². The van der Waals surface area contributed by atoms with Crippen LogP contribution >= 0.6 is 0 Å². The number of ether oxygens (including phenoxy) is 3. The minimum atomic E-state index is 0.272. The van der Waals surface area contributed by atoms with E-state index in [1.807, 2.05) is 32.0 Å². The topological polar surface area (TPSA) is 71.5 Å². The van der Waals surface area contributed by atoms with E-state index >= 15 is 0 Å². The molecule has 0 aliphatic carbocycles. The summed E-state index contributed by atoms with van der Waals surface area (Å²) in [4.78, 5) is 0. The van der Waals surface area contributed by atoms with Crippen LogP contribution in [0.2, 0.25) is 0 Å². The molecule has 1 aliphatic heterocycles. The second kappa shape index (κ2) is 4.96. The number of rotatable bonds is 4. The Morgan fingerprint density at radius 1 is 1.35 bits per heavy atom. The van der Waals surface area contributed by atoms with Crippen LogP contribution in [-0.4, -0.2) is 16.6 Å². The van der Waals surface area contributed by atoms with Crippen LogP contribution in [0.1, 0.15) is 18.2 Å². The molecule has 0 spiro atoms. The van der Waals surface area contributed by atoms with Gasteiger partial charge in [0.2, 0.25) is 12.7 Å². The number of fused-ring (bicyclic) bond motifs is 1. The van der Waals surface area contributed by atoms with E-state index in [0.29, 0.717) is 24.7 Å². The van der Waals surface area contributed by atoms with Crippen molar-refractivity contribution in [2.45, 2.75) is 27.0 Å². The average Bonchev–Trinajstić information content (AvgIpc) is 3.02. The number of nitrogens with two attached hydrogens (primary N) is 1. The van der Waals surface area contributed by atoms with Crippen molar-refractivity contribution in [2.75, 3.05) is 12.5 Å². The lowest BCUT2D eigenvalue weighted by Gasteiger charge is -2.09. The fourth-order valence-electron chi connectivity index (χ4n) is 2.12. The van der Waals surface area contributed by atoms with Gasteiger partial charge in [0, 0.05) is 6.54 Å². The molecular weight excluding hydrogens is 258 g/mol. The van der Waals surface area contributed by atoms with E-state index in [2.05, 4.69) is 5.10 Å². The van der Waals surface area contributed by atoms with Crippen molar-refractivity contribution in [1.29, 1.82) is 0 Å². The molecule has 0 saturated carbocycles. The van der Waals surface area contributed by atoms with Gasteiger partial charge in [0.15, 0.2) is 11.5 Å².